The van der Waals surface area contributed by atoms with E-state index in [1.54, 1.807) is 0 Å². The zero-order chi connectivity index (χ0) is 39.0. The summed E-state index contributed by atoms with van der Waals surface area (Å²) >= 11 is 0. The lowest BCUT2D eigenvalue weighted by Crippen LogP contribution is -2.63. The molecule has 2 aliphatic rings. The van der Waals surface area contributed by atoms with Crippen LogP contribution >= 0.6 is 0 Å². The SMILES string of the molecule is CO[C@H]1O[C@H](CO)[C@@H](OC(=O)Nc2ccc(C#N)cc2)[C@@H]2OC(=O)[C@@H](Cc3ccc4ccccc4c3)C/C=C/C[C@H](Cc3ccc4ccccc4c3)C(=O)O[C@@H]12. The summed E-state index contributed by atoms with van der Waals surface area (Å²) in [5.74, 6) is -2.52. The number of carbonyl (C=O) groups is 3. The van der Waals surface area contributed by atoms with Gasteiger partial charge in [0.25, 0.3) is 0 Å². The van der Waals surface area contributed by atoms with Crippen LogP contribution in [0.15, 0.2) is 121 Å². The predicted molar refractivity (Wildman–Crippen MR) is 208 cm³/mol. The number of benzene rings is 5. The normalized spacial score (nSPS) is 24.7. The molecular weight excluding hydrogens is 712 g/mol. The number of anilines is 1. The minimum Gasteiger partial charge on any atom is -0.454 e. The number of allylic oxidation sites excluding steroid dienone is 2. The molecule has 1 saturated heterocycles. The van der Waals surface area contributed by atoms with Crippen LogP contribution in [0.5, 0.6) is 0 Å². The van der Waals surface area contributed by atoms with Gasteiger partial charge in [0.1, 0.15) is 6.10 Å². The Labute approximate surface area is 324 Å². The zero-order valence-corrected chi connectivity index (χ0v) is 30.8. The molecule has 7 rings (SSSR count). The van der Waals surface area contributed by atoms with Crippen LogP contribution in [0.4, 0.5) is 10.5 Å². The van der Waals surface area contributed by atoms with Gasteiger partial charge in [0.05, 0.1) is 30.1 Å². The van der Waals surface area contributed by atoms with Gasteiger partial charge in [0.15, 0.2) is 24.6 Å². The van der Waals surface area contributed by atoms with Crippen LogP contribution in [0.2, 0.25) is 0 Å². The van der Waals surface area contributed by atoms with E-state index in [9.17, 15) is 19.5 Å². The number of hydrogen-bond donors (Lipinski definition) is 2. The van der Waals surface area contributed by atoms with Crippen LogP contribution in [0.1, 0.15) is 29.5 Å². The summed E-state index contributed by atoms with van der Waals surface area (Å²) < 4.78 is 29.9. The Morgan fingerprint density at radius 3 is 1.82 bits per heavy atom. The summed E-state index contributed by atoms with van der Waals surface area (Å²) in [5.41, 5.74) is 2.59. The van der Waals surface area contributed by atoms with Gasteiger partial charge < -0.3 is 28.8 Å². The molecule has 0 radical (unpaired) electrons. The van der Waals surface area contributed by atoms with Crippen LogP contribution in [-0.4, -0.2) is 67.6 Å². The smallest absolute Gasteiger partial charge is 0.412 e. The Kier molecular flexibility index (Phi) is 12.0. The topological polar surface area (TPSA) is 153 Å². The molecule has 0 aromatic heterocycles. The fraction of sp³-hybridized carbons (Fsp3) is 0.289. The first-order valence-electron chi connectivity index (χ1n) is 18.6. The molecular formula is C45H42N2O9. The highest BCUT2D eigenvalue weighted by Crippen LogP contribution is 2.33. The Morgan fingerprint density at radius 1 is 0.768 bits per heavy atom. The first-order valence-corrected chi connectivity index (χ1v) is 18.6. The Bertz CT molecular complexity index is 2270. The number of ether oxygens (including phenoxy) is 5. The number of carbonyl (C=O) groups excluding carboxylic acids is 3. The maximum absolute atomic E-state index is 14.3. The van der Waals surface area contributed by atoms with Gasteiger partial charge in [-0.05, 0) is 82.6 Å². The largest absolute Gasteiger partial charge is 0.454 e. The van der Waals surface area contributed by atoms with E-state index in [1.165, 1.54) is 31.4 Å². The summed E-state index contributed by atoms with van der Waals surface area (Å²) in [6.45, 7) is -0.642. The van der Waals surface area contributed by atoms with E-state index >= 15 is 0 Å². The standard InChI is InChI=1S/C45H42N2O9/c1-52-44-41-40(39(38(27-48)53-44)56-45(51)47-37-20-16-28(26-46)17-21-37)54-42(49)35(24-29-14-18-31-8-2-4-10-33(31)22-29)12-6-7-13-36(43(50)55-41)25-30-15-19-32-9-3-5-11-34(32)23-30/h2-11,14-23,35-36,38-41,44,48H,12-13,24-25,27H2,1H3,(H,47,51)/b7-6+/t35-,36-,38-,39-,40+,41-,44+/m1/s1. The fourth-order valence-electron chi connectivity index (χ4n) is 7.32. The number of hydrogen-bond acceptors (Lipinski definition) is 10. The third kappa shape index (κ3) is 8.90. The van der Waals surface area contributed by atoms with E-state index in [0.29, 0.717) is 36.9 Å². The van der Waals surface area contributed by atoms with E-state index in [0.717, 1.165) is 32.7 Å². The van der Waals surface area contributed by atoms with Crippen molar-refractivity contribution in [1.29, 1.82) is 5.26 Å². The summed E-state index contributed by atoms with van der Waals surface area (Å²) in [5, 5.41) is 26.5. The van der Waals surface area contributed by atoms with Crippen LogP contribution in [-0.2, 0) is 46.1 Å². The third-order valence-corrected chi connectivity index (χ3v) is 10.3. The molecule has 5 aromatic rings. The summed E-state index contributed by atoms with van der Waals surface area (Å²) in [6, 6.07) is 36.2. The molecule has 5 aromatic carbocycles. The Morgan fingerprint density at radius 2 is 1.30 bits per heavy atom. The maximum Gasteiger partial charge on any atom is 0.412 e. The number of esters is 2. The van der Waals surface area contributed by atoms with Gasteiger partial charge in [0.2, 0.25) is 0 Å². The average Bonchev–Trinajstić information content (AvgIpc) is 3.22. The molecule has 0 bridgehead atoms. The Balaban J connectivity index is 1.22. The quantitative estimate of drug-likeness (QED) is 0.0959. The monoisotopic (exact) mass is 754 g/mol. The molecule has 11 heteroatoms. The minimum absolute atomic E-state index is 0.305. The number of aliphatic hydroxyl groups is 1. The summed E-state index contributed by atoms with van der Waals surface area (Å²) in [6.07, 6.45) is -2.57. The molecule has 286 valence electrons. The lowest BCUT2D eigenvalue weighted by Gasteiger charge is -2.44. The molecule has 2 N–H and O–H groups in total. The molecule has 2 aliphatic heterocycles. The van der Waals surface area contributed by atoms with Gasteiger partial charge in [-0.15, -0.1) is 0 Å². The second-order valence-electron chi connectivity index (χ2n) is 14.1. The first kappa shape index (κ1) is 38.2. The molecule has 7 atom stereocenters. The molecule has 56 heavy (non-hydrogen) atoms. The van der Waals surface area contributed by atoms with Crippen molar-refractivity contribution in [2.75, 3.05) is 19.0 Å². The van der Waals surface area contributed by atoms with Gasteiger partial charge in [0, 0.05) is 12.8 Å². The summed E-state index contributed by atoms with van der Waals surface area (Å²) in [4.78, 5) is 41.9. The van der Waals surface area contributed by atoms with Crippen molar-refractivity contribution in [2.24, 2.45) is 11.8 Å². The summed E-state index contributed by atoms with van der Waals surface area (Å²) in [7, 11) is 1.35. The van der Waals surface area contributed by atoms with E-state index in [1.807, 2.05) is 97.1 Å². The second-order valence-corrected chi connectivity index (χ2v) is 14.1. The number of rotatable bonds is 8. The van der Waals surface area contributed by atoms with Gasteiger partial charge in [-0.2, -0.15) is 5.26 Å². The van der Waals surface area contributed by atoms with Gasteiger partial charge in [-0.1, -0.05) is 97.1 Å². The van der Waals surface area contributed by atoms with E-state index in [4.69, 9.17) is 28.9 Å². The fourth-order valence-corrected chi connectivity index (χ4v) is 7.32. The number of amides is 1. The van der Waals surface area contributed by atoms with Crippen molar-refractivity contribution in [2.45, 2.75) is 56.4 Å². The van der Waals surface area contributed by atoms with Crippen molar-refractivity contribution in [1.82, 2.24) is 0 Å². The van der Waals surface area contributed by atoms with Crippen molar-refractivity contribution in [3.63, 3.8) is 0 Å². The van der Waals surface area contributed by atoms with Gasteiger partial charge in [-0.25, -0.2) is 4.79 Å². The molecule has 0 saturated carbocycles. The predicted octanol–water partition coefficient (Wildman–Crippen LogP) is 7.04. The van der Waals surface area contributed by atoms with Crippen LogP contribution in [0.3, 0.4) is 0 Å². The molecule has 1 fully saturated rings. The van der Waals surface area contributed by atoms with Crippen LogP contribution in [0, 0.1) is 23.2 Å². The van der Waals surface area contributed by atoms with Crippen molar-refractivity contribution >= 4 is 45.3 Å². The van der Waals surface area contributed by atoms with E-state index < -0.39 is 67.2 Å². The second kappa shape index (κ2) is 17.6. The number of nitriles is 1. The number of fused-ring (bicyclic) bond motifs is 3. The average molecular weight is 755 g/mol. The number of aliphatic hydroxyl groups excluding tert-OH is 1. The highest BCUT2D eigenvalue weighted by atomic mass is 16.7. The lowest BCUT2D eigenvalue weighted by molar-refractivity contribution is -0.300. The highest BCUT2D eigenvalue weighted by Gasteiger charge is 2.53. The Hall–Kier alpha value is -6.06. The van der Waals surface area contributed by atoms with Crippen molar-refractivity contribution in [3.8, 4) is 6.07 Å². The number of nitrogens with zero attached hydrogens (tertiary/aromatic N) is 1. The number of nitrogens with one attached hydrogen (secondary N) is 1. The third-order valence-electron chi connectivity index (χ3n) is 10.3. The zero-order valence-electron chi connectivity index (χ0n) is 30.8. The number of methoxy groups -OCH3 is 1. The molecule has 1 amide bonds. The first-order chi connectivity index (χ1) is 27.3. The molecule has 11 nitrogen and oxygen atoms in total. The van der Waals surface area contributed by atoms with Crippen LogP contribution in [0.25, 0.3) is 21.5 Å². The molecule has 0 unspecified atom stereocenters. The molecule has 2 heterocycles. The van der Waals surface area contributed by atoms with Crippen molar-refractivity contribution < 1.29 is 43.2 Å². The van der Waals surface area contributed by atoms with Gasteiger partial charge in [-0.3, -0.25) is 14.9 Å². The van der Waals surface area contributed by atoms with E-state index in [2.05, 4.69) is 11.4 Å². The maximum atomic E-state index is 14.3. The van der Waals surface area contributed by atoms with E-state index in [-0.39, 0.29) is 0 Å². The molecule has 0 aliphatic carbocycles. The minimum atomic E-state index is -1.43. The van der Waals surface area contributed by atoms with Crippen molar-refractivity contribution in [3.05, 3.63) is 138 Å². The highest BCUT2D eigenvalue weighted by molar-refractivity contribution is 5.86. The van der Waals surface area contributed by atoms with Crippen LogP contribution < -0.4 is 5.32 Å². The van der Waals surface area contributed by atoms with Gasteiger partial charge >= 0.3 is 18.0 Å². The molecule has 0 spiro atoms. The lowest BCUT2D eigenvalue weighted by atomic mass is 9.91.